The van der Waals surface area contributed by atoms with E-state index in [-0.39, 0.29) is 43.4 Å². The molecule has 0 heterocycles. The van der Waals surface area contributed by atoms with Crippen LogP contribution in [0.25, 0.3) is 5.32 Å². The third-order valence-corrected chi connectivity index (χ3v) is 1.00. The quantitative estimate of drug-likeness (QED) is 0.497. The molecule has 0 unspecified atom stereocenters. The van der Waals surface area contributed by atoms with E-state index in [9.17, 15) is 0 Å². The average Bonchev–Trinajstić information content (AvgIpc) is 2.44. The molecule has 1 rings (SSSR count). The summed E-state index contributed by atoms with van der Waals surface area (Å²) in [5, 5.41) is 3.97. The van der Waals surface area contributed by atoms with Gasteiger partial charge >= 0.3 is 18.6 Å². The van der Waals surface area contributed by atoms with Gasteiger partial charge in [-0.2, -0.15) is 31.3 Å². The van der Waals surface area contributed by atoms with Gasteiger partial charge in [0.15, 0.2) is 0 Å². The van der Waals surface area contributed by atoms with E-state index in [4.69, 9.17) is 0 Å². The summed E-state index contributed by atoms with van der Waals surface area (Å²) >= 11 is 0. The molecule has 0 bridgehead atoms. The summed E-state index contributed by atoms with van der Waals surface area (Å²) in [7, 11) is 0. The molecule has 0 amide bonds. The molecule has 75 valence electrons. The fraction of sp³-hybridized carbons (Fsp3) is 0.444. The molecule has 0 aliphatic heterocycles. The Morgan fingerprint density at radius 1 is 1.00 bits per heavy atom. The van der Waals surface area contributed by atoms with Gasteiger partial charge in [-0.3, -0.25) is 0 Å². The maximum atomic E-state index is 3.97. The van der Waals surface area contributed by atoms with Crippen LogP contribution in [-0.2, 0) is 18.6 Å². The van der Waals surface area contributed by atoms with E-state index < -0.39 is 0 Å². The van der Waals surface area contributed by atoms with E-state index >= 15 is 0 Å². The first-order chi connectivity index (χ1) is 4.91. The van der Waals surface area contributed by atoms with Gasteiger partial charge in [0, 0.05) is 0 Å². The van der Waals surface area contributed by atoms with Crippen LogP contribution in [0, 0.1) is 0 Å². The summed E-state index contributed by atoms with van der Waals surface area (Å²) in [6.07, 6.45) is 0. The minimum Gasteiger partial charge on any atom is -1.00 e. The van der Waals surface area contributed by atoms with Crippen LogP contribution < -0.4 is 24.8 Å². The third-order valence-electron chi connectivity index (χ3n) is 1.00. The van der Waals surface area contributed by atoms with Crippen molar-refractivity contribution in [2.24, 2.45) is 0 Å². The molecule has 4 heteroatoms. The van der Waals surface area contributed by atoms with Crippen molar-refractivity contribution >= 4 is 0 Å². The molecule has 1 aromatic rings. The fourth-order valence-corrected chi connectivity index (χ4v) is 0.544. The molecule has 0 aliphatic rings. The van der Waals surface area contributed by atoms with Gasteiger partial charge in [0.2, 0.25) is 0 Å². The predicted molar refractivity (Wildman–Crippen MR) is 46.5 cm³/mol. The topological polar surface area (TPSA) is 14.1 Å². The molecule has 0 spiro atoms. The summed E-state index contributed by atoms with van der Waals surface area (Å²) in [6.45, 7) is 6.03. The second kappa shape index (κ2) is 22.9. The van der Waals surface area contributed by atoms with Crippen LogP contribution in [0.1, 0.15) is 13.8 Å². The summed E-state index contributed by atoms with van der Waals surface area (Å²) < 4.78 is 0. The molecule has 0 saturated carbocycles. The Balaban J connectivity index is -0.0000000506. The van der Waals surface area contributed by atoms with Crippen molar-refractivity contribution in [3.05, 3.63) is 35.6 Å². The largest absolute Gasteiger partial charge is 4.00 e. The number of hydrogen-bond acceptors (Lipinski definition) is 0. The van der Waals surface area contributed by atoms with Crippen LogP contribution in [-0.4, -0.2) is 13.1 Å². The van der Waals surface area contributed by atoms with Crippen LogP contribution in [0.2, 0.25) is 0 Å². The van der Waals surface area contributed by atoms with Crippen molar-refractivity contribution in [1.82, 2.24) is 0 Å². The normalized spacial score (nSPS) is 6.31. The number of halogens is 2. The van der Waals surface area contributed by atoms with Crippen molar-refractivity contribution < 1.29 is 43.4 Å². The Morgan fingerprint density at radius 2 is 1.38 bits per heavy atom. The van der Waals surface area contributed by atoms with Crippen molar-refractivity contribution in [3.8, 4) is 0 Å². The standard InChI is InChI=1S/C5H5.C4H10N.2ClH.V/c1-2-4-5-3-1;1-3-5-4-2;;;/h1-5H;3-4H2,1-2H3;2*1H;/q2*-1;;;+4/p-2. The zero-order valence-electron chi connectivity index (χ0n) is 7.95. The van der Waals surface area contributed by atoms with E-state index in [0.29, 0.717) is 0 Å². The summed E-state index contributed by atoms with van der Waals surface area (Å²) in [5.41, 5.74) is 0. The van der Waals surface area contributed by atoms with E-state index in [2.05, 4.69) is 5.32 Å². The maximum absolute atomic E-state index is 3.97. The van der Waals surface area contributed by atoms with Gasteiger partial charge in [0.25, 0.3) is 0 Å². The first-order valence-electron chi connectivity index (χ1n) is 3.71. The first kappa shape index (κ1) is 23.4. The van der Waals surface area contributed by atoms with Gasteiger partial charge in [0.1, 0.15) is 0 Å². The molecular weight excluding hydrogens is 244 g/mol. The summed E-state index contributed by atoms with van der Waals surface area (Å²) in [6, 6.07) is 10.0. The van der Waals surface area contributed by atoms with Crippen molar-refractivity contribution in [1.29, 1.82) is 0 Å². The minimum absolute atomic E-state index is 0. The van der Waals surface area contributed by atoms with Crippen LogP contribution >= 0.6 is 0 Å². The molecule has 1 nitrogen and oxygen atoms in total. The minimum atomic E-state index is 0. The Kier molecular flexibility index (Phi) is 41.1. The van der Waals surface area contributed by atoms with Crippen LogP contribution in [0.5, 0.6) is 0 Å². The number of nitrogens with zero attached hydrogens (tertiary/aromatic N) is 1. The SMILES string of the molecule is CC[N-]CC.[Cl-].[Cl-].[V+4].c1cc[cH-]c1. The van der Waals surface area contributed by atoms with Gasteiger partial charge < -0.3 is 30.1 Å². The van der Waals surface area contributed by atoms with Gasteiger partial charge in [-0.1, -0.05) is 13.8 Å². The molecule has 1 aromatic carbocycles. The van der Waals surface area contributed by atoms with Gasteiger partial charge in [0.05, 0.1) is 0 Å². The van der Waals surface area contributed by atoms with Crippen LogP contribution in [0.3, 0.4) is 0 Å². The van der Waals surface area contributed by atoms with Crippen molar-refractivity contribution in [2.45, 2.75) is 13.8 Å². The molecule has 0 aliphatic carbocycles. The van der Waals surface area contributed by atoms with Crippen LogP contribution in [0.15, 0.2) is 30.3 Å². The zero-order chi connectivity index (χ0) is 7.66. The molecule has 0 atom stereocenters. The van der Waals surface area contributed by atoms with E-state index in [0.717, 1.165) is 13.1 Å². The molecule has 0 saturated heterocycles. The van der Waals surface area contributed by atoms with E-state index in [1.807, 2.05) is 44.2 Å². The molecule has 13 heavy (non-hydrogen) atoms. The Labute approximate surface area is 106 Å². The van der Waals surface area contributed by atoms with Crippen molar-refractivity contribution in [2.75, 3.05) is 13.1 Å². The fourth-order valence-electron chi connectivity index (χ4n) is 0.544. The van der Waals surface area contributed by atoms with E-state index in [1.165, 1.54) is 0 Å². The van der Waals surface area contributed by atoms with Gasteiger partial charge in [-0.05, 0) is 0 Å². The van der Waals surface area contributed by atoms with Gasteiger partial charge in [-0.25, -0.2) is 12.1 Å². The Morgan fingerprint density at radius 3 is 1.46 bits per heavy atom. The molecule has 1 radical (unpaired) electrons. The first-order valence-corrected chi connectivity index (χ1v) is 3.71. The summed E-state index contributed by atoms with van der Waals surface area (Å²) in [4.78, 5) is 0. The Hall–Kier alpha value is 0.474. The molecule has 0 aromatic heterocycles. The zero-order valence-corrected chi connectivity index (χ0v) is 10.9. The third kappa shape index (κ3) is 24.5. The Bertz CT molecular complexity index is 104. The average molecular weight is 259 g/mol. The monoisotopic (exact) mass is 258 g/mol. The predicted octanol–water partition coefficient (Wildman–Crippen LogP) is -3.19. The summed E-state index contributed by atoms with van der Waals surface area (Å²) in [5.74, 6) is 0. The van der Waals surface area contributed by atoms with Crippen molar-refractivity contribution in [3.63, 3.8) is 0 Å². The molecule has 0 fully saturated rings. The molecule has 0 N–H and O–H groups in total. The second-order valence-electron chi connectivity index (χ2n) is 1.82. The van der Waals surface area contributed by atoms with Crippen LogP contribution in [0.4, 0.5) is 0 Å². The maximum Gasteiger partial charge on any atom is 4.00 e. The number of rotatable bonds is 2. The smallest absolute Gasteiger partial charge is 1.00 e. The van der Waals surface area contributed by atoms with E-state index in [1.54, 1.807) is 0 Å². The van der Waals surface area contributed by atoms with Gasteiger partial charge in [-0.15, -0.1) is 0 Å². The number of hydrogen-bond donors (Lipinski definition) is 0. The second-order valence-corrected chi connectivity index (χ2v) is 1.82. The molecular formula is C9H15Cl2NV.